The molecule has 1 aliphatic heterocycles. The number of hydrogen-bond donors (Lipinski definition) is 1. The van der Waals surface area contributed by atoms with Crippen LogP contribution in [0.5, 0.6) is 0 Å². The Labute approximate surface area is 95.0 Å². The SMILES string of the molecule is CC(=O)c1ccc(N)cc1N1CCOCC1. The van der Waals surface area contributed by atoms with E-state index in [1.807, 2.05) is 6.07 Å². The van der Waals surface area contributed by atoms with Crippen molar-refractivity contribution in [3.05, 3.63) is 23.8 Å². The van der Waals surface area contributed by atoms with Crippen LogP contribution in [0.2, 0.25) is 0 Å². The second-order valence-electron chi connectivity index (χ2n) is 3.93. The Kier molecular flexibility index (Phi) is 3.10. The Bertz CT molecular complexity index is 398. The molecule has 0 atom stereocenters. The number of anilines is 2. The molecule has 16 heavy (non-hydrogen) atoms. The van der Waals surface area contributed by atoms with E-state index in [4.69, 9.17) is 10.5 Å². The smallest absolute Gasteiger partial charge is 0.161 e. The van der Waals surface area contributed by atoms with Gasteiger partial charge in [0.15, 0.2) is 5.78 Å². The average molecular weight is 220 g/mol. The highest BCUT2D eigenvalue weighted by Crippen LogP contribution is 2.24. The van der Waals surface area contributed by atoms with Gasteiger partial charge in [-0.15, -0.1) is 0 Å². The van der Waals surface area contributed by atoms with Gasteiger partial charge in [0, 0.05) is 30.0 Å². The third-order valence-corrected chi connectivity index (χ3v) is 2.75. The van der Waals surface area contributed by atoms with Crippen LogP contribution in [0.3, 0.4) is 0 Å². The zero-order chi connectivity index (χ0) is 11.5. The molecule has 1 heterocycles. The predicted molar refractivity (Wildman–Crippen MR) is 63.9 cm³/mol. The average Bonchev–Trinajstić information content (AvgIpc) is 2.29. The van der Waals surface area contributed by atoms with Crippen LogP contribution in [0.4, 0.5) is 11.4 Å². The molecular weight excluding hydrogens is 204 g/mol. The minimum atomic E-state index is 0.0708. The number of carbonyl (C=O) groups excluding carboxylic acids is 1. The number of ether oxygens (including phenoxy) is 1. The lowest BCUT2D eigenvalue weighted by Gasteiger charge is -2.30. The molecule has 1 fully saturated rings. The first kappa shape index (κ1) is 11.0. The molecule has 1 aromatic rings. The summed E-state index contributed by atoms with van der Waals surface area (Å²) in [6.07, 6.45) is 0. The Balaban J connectivity index is 2.36. The monoisotopic (exact) mass is 220 g/mol. The summed E-state index contributed by atoms with van der Waals surface area (Å²) in [5, 5.41) is 0. The Hall–Kier alpha value is -1.55. The molecule has 0 unspecified atom stereocenters. The van der Waals surface area contributed by atoms with E-state index in [1.54, 1.807) is 19.1 Å². The van der Waals surface area contributed by atoms with Crippen molar-refractivity contribution in [3.63, 3.8) is 0 Å². The van der Waals surface area contributed by atoms with Gasteiger partial charge in [-0.2, -0.15) is 0 Å². The van der Waals surface area contributed by atoms with Crippen LogP contribution in [-0.2, 0) is 4.74 Å². The summed E-state index contributed by atoms with van der Waals surface area (Å²) < 4.78 is 5.29. The van der Waals surface area contributed by atoms with Crippen molar-refractivity contribution in [2.24, 2.45) is 0 Å². The van der Waals surface area contributed by atoms with Crippen LogP contribution >= 0.6 is 0 Å². The highest BCUT2D eigenvalue weighted by molar-refractivity contribution is 6.00. The fourth-order valence-corrected chi connectivity index (χ4v) is 1.91. The second kappa shape index (κ2) is 4.53. The highest BCUT2D eigenvalue weighted by atomic mass is 16.5. The number of morpholine rings is 1. The van der Waals surface area contributed by atoms with Crippen molar-refractivity contribution >= 4 is 17.2 Å². The normalized spacial score (nSPS) is 16.2. The number of nitrogen functional groups attached to an aromatic ring is 1. The second-order valence-corrected chi connectivity index (χ2v) is 3.93. The van der Waals surface area contributed by atoms with Gasteiger partial charge >= 0.3 is 0 Å². The van der Waals surface area contributed by atoms with E-state index >= 15 is 0 Å². The van der Waals surface area contributed by atoms with Crippen LogP contribution in [0.15, 0.2) is 18.2 Å². The van der Waals surface area contributed by atoms with E-state index in [2.05, 4.69) is 4.90 Å². The lowest BCUT2D eigenvalue weighted by atomic mass is 10.1. The van der Waals surface area contributed by atoms with Crippen LogP contribution < -0.4 is 10.6 Å². The first-order valence-electron chi connectivity index (χ1n) is 5.41. The summed E-state index contributed by atoms with van der Waals surface area (Å²) in [6.45, 7) is 4.60. The van der Waals surface area contributed by atoms with E-state index in [0.717, 1.165) is 24.3 Å². The summed E-state index contributed by atoms with van der Waals surface area (Å²) in [4.78, 5) is 13.7. The standard InChI is InChI=1S/C12H16N2O2/c1-9(15)11-3-2-10(13)8-12(11)14-4-6-16-7-5-14/h2-3,8H,4-7,13H2,1H3. The van der Waals surface area contributed by atoms with Crippen LogP contribution in [0.1, 0.15) is 17.3 Å². The van der Waals surface area contributed by atoms with E-state index in [0.29, 0.717) is 18.9 Å². The number of nitrogens with two attached hydrogens (primary N) is 1. The molecule has 2 rings (SSSR count). The fraction of sp³-hybridized carbons (Fsp3) is 0.417. The van der Waals surface area contributed by atoms with Crippen molar-refractivity contribution in [2.45, 2.75) is 6.92 Å². The summed E-state index contributed by atoms with van der Waals surface area (Å²) in [5.41, 5.74) is 8.11. The molecular formula is C12H16N2O2. The molecule has 1 aromatic carbocycles. The predicted octanol–water partition coefficient (Wildman–Crippen LogP) is 1.31. The number of carbonyl (C=O) groups is 1. The van der Waals surface area contributed by atoms with Gasteiger partial charge in [-0.05, 0) is 25.1 Å². The van der Waals surface area contributed by atoms with E-state index < -0.39 is 0 Å². The summed E-state index contributed by atoms with van der Waals surface area (Å²) in [6, 6.07) is 5.42. The topological polar surface area (TPSA) is 55.6 Å². The largest absolute Gasteiger partial charge is 0.399 e. The molecule has 4 heteroatoms. The third-order valence-electron chi connectivity index (χ3n) is 2.75. The van der Waals surface area contributed by atoms with Gasteiger partial charge in [0.25, 0.3) is 0 Å². The molecule has 2 N–H and O–H groups in total. The first-order valence-corrected chi connectivity index (χ1v) is 5.41. The van der Waals surface area contributed by atoms with Crippen molar-refractivity contribution in [1.82, 2.24) is 0 Å². The van der Waals surface area contributed by atoms with Crippen molar-refractivity contribution in [1.29, 1.82) is 0 Å². The minimum absolute atomic E-state index is 0.0708. The molecule has 0 aromatic heterocycles. The maximum absolute atomic E-state index is 11.5. The van der Waals surface area contributed by atoms with Gasteiger partial charge in [0.2, 0.25) is 0 Å². The van der Waals surface area contributed by atoms with Crippen LogP contribution in [0, 0.1) is 0 Å². The molecule has 0 amide bonds. The summed E-state index contributed by atoms with van der Waals surface area (Å²) in [5.74, 6) is 0.0708. The molecule has 4 nitrogen and oxygen atoms in total. The fourth-order valence-electron chi connectivity index (χ4n) is 1.91. The van der Waals surface area contributed by atoms with E-state index in [1.165, 1.54) is 0 Å². The van der Waals surface area contributed by atoms with Crippen molar-refractivity contribution < 1.29 is 9.53 Å². The highest BCUT2D eigenvalue weighted by Gasteiger charge is 2.16. The number of hydrogen-bond acceptors (Lipinski definition) is 4. The molecule has 0 bridgehead atoms. The zero-order valence-corrected chi connectivity index (χ0v) is 9.40. The van der Waals surface area contributed by atoms with Gasteiger partial charge < -0.3 is 15.4 Å². The number of ketones is 1. The first-order chi connectivity index (χ1) is 7.68. The maximum Gasteiger partial charge on any atom is 0.161 e. The van der Waals surface area contributed by atoms with Crippen LogP contribution in [-0.4, -0.2) is 32.1 Å². The Morgan fingerprint density at radius 1 is 1.38 bits per heavy atom. The van der Waals surface area contributed by atoms with Crippen molar-refractivity contribution in [2.75, 3.05) is 36.9 Å². The molecule has 0 radical (unpaired) electrons. The Morgan fingerprint density at radius 3 is 2.69 bits per heavy atom. The summed E-state index contributed by atoms with van der Waals surface area (Å²) >= 11 is 0. The molecule has 0 saturated carbocycles. The number of benzene rings is 1. The number of rotatable bonds is 2. The van der Waals surface area contributed by atoms with Gasteiger partial charge in [0.05, 0.1) is 13.2 Å². The van der Waals surface area contributed by atoms with Crippen LogP contribution in [0.25, 0.3) is 0 Å². The number of nitrogens with zero attached hydrogens (tertiary/aromatic N) is 1. The maximum atomic E-state index is 11.5. The van der Waals surface area contributed by atoms with Gasteiger partial charge in [0.1, 0.15) is 0 Å². The molecule has 86 valence electrons. The minimum Gasteiger partial charge on any atom is -0.399 e. The van der Waals surface area contributed by atoms with Gasteiger partial charge in [-0.25, -0.2) is 0 Å². The Morgan fingerprint density at radius 2 is 2.06 bits per heavy atom. The molecule has 0 aliphatic carbocycles. The molecule has 1 saturated heterocycles. The molecule has 0 spiro atoms. The van der Waals surface area contributed by atoms with E-state index in [-0.39, 0.29) is 5.78 Å². The van der Waals surface area contributed by atoms with Gasteiger partial charge in [-0.1, -0.05) is 0 Å². The lowest BCUT2D eigenvalue weighted by Crippen LogP contribution is -2.37. The summed E-state index contributed by atoms with van der Waals surface area (Å²) in [7, 11) is 0. The third kappa shape index (κ3) is 2.17. The van der Waals surface area contributed by atoms with E-state index in [9.17, 15) is 4.79 Å². The molecule has 1 aliphatic rings. The number of Topliss-reactive ketones (excluding diaryl/α,β-unsaturated/α-hetero) is 1. The van der Waals surface area contributed by atoms with Gasteiger partial charge in [-0.3, -0.25) is 4.79 Å². The quantitative estimate of drug-likeness (QED) is 0.603. The van der Waals surface area contributed by atoms with Crippen molar-refractivity contribution in [3.8, 4) is 0 Å². The zero-order valence-electron chi connectivity index (χ0n) is 9.40. The lowest BCUT2D eigenvalue weighted by molar-refractivity contribution is 0.101.